The van der Waals surface area contributed by atoms with Gasteiger partial charge in [0.25, 0.3) is 0 Å². The van der Waals surface area contributed by atoms with Gasteiger partial charge in [-0.15, -0.1) is 6.58 Å². The SMILES string of the molecule is C=CCCCCCC1CSCC1=O. The van der Waals surface area contributed by atoms with E-state index in [4.69, 9.17) is 0 Å². The fourth-order valence-electron chi connectivity index (χ4n) is 1.61. The Morgan fingerprint density at radius 1 is 1.46 bits per heavy atom. The van der Waals surface area contributed by atoms with Crippen LogP contribution >= 0.6 is 11.8 Å². The van der Waals surface area contributed by atoms with Crippen molar-refractivity contribution in [2.75, 3.05) is 11.5 Å². The minimum absolute atomic E-state index is 0.383. The normalized spacial score (nSPS) is 22.2. The van der Waals surface area contributed by atoms with Crippen LogP contribution in [0.3, 0.4) is 0 Å². The summed E-state index contributed by atoms with van der Waals surface area (Å²) in [6, 6.07) is 0. The van der Waals surface area contributed by atoms with Crippen LogP contribution in [0.1, 0.15) is 32.1 Å². The topological polar surface area (TPSA) is 17.1 Å². The number of ketones is 1. The molecule has 0 aromatic carbocycles. The molecule has 0 radical (unpaired) electrons. The highest BCUT2D eigenvalue weighted by atomic mass is 32.2. The van der Waals surface area contributed by atoms with Gasteiger partial charge in [-0.3, -0.25) is 4.79 Å². The number of unbranched alkanes of at least 4 members (excludes halogenated alkanes) is 3. The largest absolute Gasteiger partial charge is 0.298 e. The average molecular weight is 198 g/mol. The molecule has 0 saturated carbocycles. The van der Waals surface area contributed by atoms with Crippen molar-refractivity contribution in [1.29, 1.82) is 0 Å². The van der Waals surface area contributed by atoms with E-state index in [2.05, 4.69) is 6.58 Å². The van der Waals surface area contributed by atoms with Crippen LogP contribution in [0.2, 0.25) is 0 Å². The molecule has 74 valence electrons. The lowest BCUT2D eigenvalue weighted by molar-refractivity contribution is -0.119. The maximum Gasteiger partial charge on any atom is 0.146 e. The van der Waals surface area contributed by atoms with Gasteiger partial charge >= 0.3 is 0 Å². The molecular weight excluding hydrogens is 180 g/mol. The fourth-order valence-corrected chi connectivity index (χ4v) is 2.80. The van der Waals surface area contributed by atoms with Crippen LogP contribution in [0.15, 0.2) is 12.7 Å². The van der Waals surface area contributed by atoms with Crippen molar-refractivity contribution in [3.8, 4) is 0 Å². The summed E-state index contributed by atoms with van der Waals surface area (Å²) >= 11 is 1.79. The van der Waals surface area contributed by atoms with Crippen molar-refractivity contribution in [1.82, 2.24) is 0 Å². The minimum Gasteiger partial charge on any atom is -0.298 e. The zero-order valence-corrected chi connectivity index (χ0v) is 8.94. The number of thioether (sulfide) groups is 1. The zero-order valence-electron chi connectivity index (χ0n) is 8.13. The van der Waals surface area contributed by atoms with E-state index in [9.17, 15) is 4.79 Å². The number of carbonyl (C=O) groups excluding carboxylic acids is 1. The Labute approximate surface area is 85.0 Å². The highest BCUT2D eigenvalue weighted by Gasteiger charge is 2.23. The van der Waals surface area contributed by atoms with Crippen molar-refractivity contribution in [3.63, 3.8) is 0 Å². The van der Waals surface area contributed by atoms with Gasteiger partial charge < -0.3 is 0 Å². The monoisotopic (exact) mass is 198 g/mol. The number of carbonyl (C=O) groups is 1. The fraction of sp³-hybridized carbons (Fsp3) is 0.727. The van der Waals surface area contributed by atoms with Crippen LogP contribution in [-0.2, 0) is 4.79 Å². The first-order valence-electron chi connectivity index (χ1n) is 5.06. The highest BCUT2D eigenvalue weighted by molar-refractivity contribution is 8.00. The van der Waals surface area contributed by atoms with Crippen LogP contribution < -0.4 is 0 Å². The maximum atomic E-state index is 11.3. The molecule has 0 aromatic heterocycles. The zero-order chi connectivity index (χ0) is 9.52. The molecule has 0 amide bonds. The number of hydrogen-bond acceptors (Lipinski definition) is 2. The molecular formula is C11H18OS. The van der Waals surface area contributed by atoms with Gasteiger partial charge in [-0.25, -0.2) is 0 Å². The quantitative estimate of drug-likeness (QED) is 0.482. The van der Waals surface area contributed by atoms with Gasteiger partial charge in [0, 0.05) is 11.7 Å². The van der Waals surface area contributed by atoms with E-state index in [1.807, 2.05) is 6.08 Å². The van der Waals surface area contributed by atoms with Gasteiger partial charge in [-0.1, -0.05) is 18.9 Å². The van der Waals surface area contributed by atoms with Crippen molar-refractivity contribution in [3.05, 3.63) is 12.7 Å². The first kappa shape index (κ1) is 10.8. The standard InChI is InChI=1S/C11H18OS/c1-2-3-4-5-6-7-10-8-13-9-11(10)12/h2,10H,1,3-9H2. The van der Waals surface area contributed by atoms with E-state index in [0.29, 0.717) is 11.7 Å². The highest BCUT2D eigenvalue weighted by Crippen LogP contribution is 2.24. The van der Waals surface area contributed by atoms with Crippen LogP contribution in [0, 0.1) is 5.92 Å². The van der Waals surface area contributed by atoms with Gasteiger partial charge in [0.1, 0.15) is 5.78 Å². The van der Waals surface area contributed by atoms with E-state index < -0.39 is 0 Å². The molecule has 0 spiro atoms. The van der Waals surface area contributed by atoms with Crippen molar-refractivity contribution in [2.24, 2.45) is 5.92 Å². The van der Waals surface area contributed by atoms with E-state index >= 15 is 0 Å². The predicted molar refractivity (Wildman–Crippen MR) is 59.1 cm³/mol. The van der Waals surface area contributed by atoms with Crippen LogP contribution in [0.4, 0.5) is 0 Å². The maximum absolute atomic E-state index is 11.3. The summed E-state index contributed by atoms with van der Waals surface area (Å²) in [5.41, 5.74) is 0. The van der Waals surface area contributed by atoms with Crippen molar-refractivity contribution < 1.29 is 4.79 Å². The van der Waals surface area contributed by atoms with E-state index in [0.717, 1.165) is 24.3 Å². The second kappa shape index (κ2) is 6.25. The van der Waals surface area contributed by atoms with Gasteiger partial charge in [-0.05, 0) is 19.3 Å². The molecule has 0 N–H and O–H groups in total. The first-order valence-corrected chi connectivity index (χ1v) is 6.21. The minimum atomic E-state index is 0.383. The lowest BCUT2D eigenvalue weighted by Gasteiger charge is -2.05. The molecule has 0 aromatic rings. The van der Waals surface area contributed by atoms with Crippen LogP contribution in [0.5, 0.6) is 0 Å². The lowest BCUT2D eigenvalue weighted by atomic mass is 9.99. The first-order chi connectivity index (χ1) is 6.34. The summed E-state index contributed by atoms with van der Waals surface area (Å²) in [7, 11) is 0. The van der Waals surface area contributed by atoms with Crippen molar-refractivity contribution in [2.45, 2.75) is 32.1 Å². The Morgan fingerprint density at radius 2 is 2.31 bits per heavy atom. The van der Waals surface area contributed by atoms with Gasteiger partial charge in [0.2, 0.25) is 0 Å². The Hall–Kier alpha value is -0.240. The lowest BCUT2D eigenvalue weighted by Crippen LogP contribution is -2.10. The average Bonchev–Trinajstić information content (AvgIpc) is 2.52. The molecule has 1 aliphatic heterocycles. The van der Waals surface area contributed by atoms with E-state index in [1.54, 1.807) is 11.8 Å². The molecule has 1 nitrogen and oxygen atoms in total. The molecule has 1 heterocycles. The van der Waals surface area contributed by atoms with E-state index in [-0.39, 0.29) is 0 Å². The van der Waals surface area contributed by atoms with Gasteiger partial charge in [0.05, 0.1) is 5.75 Å². The summed E-state index contributed by atoms with van der Waals surface area (Å²) in [5, 5.41) is 0. The molecule has 1 atom stereocenters. The number of allylic oxidation sites excluding steroid dienone is 1. The summed E-state index contributed by atoms with van der Waals surface area (Å²) in [5.74, 6) is 2.69. The number of hydrogen-bond donors (Lipinski definition) is 0. The Balaban J connectivity index is 1.99. The molecule has 1 aliphatic rings. The summed E-state index contributed by atoms with van der Waals surface area (Å²) < 4.78 is 0. The summed E-state index contributed by atoms with van der Waals surface area (Å²) in [6.07, 6.45) is 7.90. The second-order valence-corrected chi connectivity index (χ2v) is 4.64. The number of Topliss-reactive ketones (excluding diaryl/α,β-unsaturated/α-hetero) is 1. The predicted octanol–water partition coefficient (Wildman–Crippen LogP) is 3.06. The summed E-state index contributed by atoms with van der Waals surface area (Å²) in [4.78, 5) is 11.3. The third kappa shape index (κ3) is 3.99. The Kier molecular flexibility index (Phi) is 5.21. The molecule has 13 heavy (non-hydrogen) atoms. The molecule has 2 heteroatoms. The van der Waals surface area contributed by atoms with Gasteiger partial charge in [0.15, 0.2) is 0 Å². The van der Waals surface area contributed by atoms with Crippen molar-refractivity contribution >= 4 is 17.5 Å². The molecule has 1 saturated heterocycles. The Bertz CT molecular complexity index is 177. The molecule has 1 fully saturated rings. The molecule has 1 unspecified atom stereocenters. The summed E-state index contributed by atoms with van der Waals surface area (Å²) in [6.45, 7) is 3.69. The third-order valence-corrected chi connectivity index (χ3v) is 3.61. The number of rotatable bonds is 6. The van der Waals surface area contributed by atoms with Crippen LogP contribution in [-0.4, -0.2) is 17.3 Å². The molecule has 0 bridgehead atoms. The third-order valence-electron chi connectivity index (χ3n) is 2.48. The smallest absolute Gasteiger partial charge is 0.146 e. The van der Waals surface area contributed by atoms with E-state index in [1.165, 1.54) is 19.3 Å². The Morgan fingerprint density at radius 3 is 2.92 bits per heavy atom. The molecule has 1 rings (SSSR count). The van der Waals surface area contributed by atoms with Crippen LogP contribution in [0.25, 0.3) is 0 Å². The van der Waals surface area contributed by atoms with Gasteiger partial charge in [-0.2, -0.15) is 11.8 Å². The molecule has 0 aliphatic carbocycles. The second-order valence-electron chi connectivity index (χ2n) is 3.61.